The Morgan fingerprint density at radius 2 is 1.94 bits per heavy atom. The summed E-state index contributed by atoms with van der Waals surface area (Å²) in [4.78, 5) is 12.5. The van der Waals surface area contributed by atoms with Gasteiger partial charge in [-0.25, -0.2) is 26.3 Å². The lowest BCUT2D eigenvalue weighted by molar-refractivity contribution is 0.102. The first-order valence-electron chi connectivity index (χ1n) is 9.38. The molecule has 1 aliphatic rings. The number of carbonyl (C=O) groups excluding carboxylic acids is 1. The highest BCUT2D eigenvalue weighted by molar-refractivity contribution is 7.89. The molecule has 0 aliphatic heterocycles. The van der Waals surface area contributed by atoms with E-state index in [0.29, 0.717) is 19.3 Å². The van der Waals surface area contributed by atoms with Crippen molar-refractivity contribution < 1.29 is 36.2 Å². The van der Waals surface area contributed by atoms with E-state index in [1.165, 1.54) is 19.2 Å². The molecule has 11 heteroatoms. The van der Waals surface area contributed by atoms with Crippen molar-refractivity contribution >= 4 is 21.6 Å². The zero-order valence-electron chi connectivity index (χ0n) is 16.4. The molecule has 3 rings (SSSR count). The molecule has 0 spiro atoms. The van der Waals surface area contributed by atoms with Crippen molar-refractivity contribution in [2.24, 2.45) is 0 Å². The van der Waals surface area contributed by atoms with E-state index in [0.717, 1.165) is 24.3 Å². The van der Waals surface area contributed by atoms with Gasteiger partial charge in [-0.1, -0.05) is 0 Å². The number of alkyl halides is 2. The highest BCUT2D eigenvalue weighted by Gasteiger charge is 2.28. The number of hydrogen-bond acceptors (Lipinski definition) is 5. The molecule has 2 atom stereocenters. The molecule has 0 bridgehead atoms. The quantitative estimate of drug-likeness (QED) is 0.591. The molecule has 31 heavy (non-hydrogen) atoms. The summed E-state index contributed by atoms with van der Waals surface area (Å²) in [5, 5.41) is 11.9. The summed E-state index contributed by atoms with van der Waals surface area (Å²) in [6.07, 6.45) is -2.37. The Morgan fingerprint density at radius 3 is 2.55 bits per heavy atom. The number of nitrogens with one attached hydrogen (secondary N) is 2. The van der Waals surface area contributed by atoms with Crippen molar-refractivity contribution in [1.82, 2.24) is 4.72 Å². The maximum Gasteiger partial charge on any atom is 0.266 e. The Labute approximate surface area is 177 Å². The molecular formula is C20H21F3N2O5S. The number of hydrogen-bond donors (Lipinski definition) is 3. The third-order valence-electron chi connectivity index (χ3n) is 4.94. The van der Waals surface area contributed by atoms with Gasteiger partial charge in [0.15, 0.2) is 0 Å². The van der Waals surface area contributed by atoms with Gasteiger partial charge in [0.25, 0.3) is 12.3 Å². The van der Waals surface area contributed by atoms with Gasteiger partial charge < -0.3 is 15.2 Å². The van der Waals surface area contributed by atoms with Crippen molar-refractivity contribution in [3.8, 4) is 5.75 Å². The molecular weight excluding hydrogens is 437 g/mol. The van der Waals surface area contributed by atoms with Crippen LogP contribution in [0.1, 0.15) is 41.6 Å². The number of aliphatic hydroxyl groups is 1. The van der Waals surface area contributed by atoms with E-state index in [1.807, 2.05) is 0 Å². The van der Waals surface area contributed by atoms with E-state index in [9.17, 15) is 31.5 Å². The zero-order chi connectivity index (χ0) is 22.8. The molecule has 0 radical (unpaired) electrons. The predicted molar refractivity (Wildman–Crippen MR) is 106 cm³/mol. The Morgan fingerprint density at radius 1 is 1.19 bits per heavy atom. The second kappa shape index (κ2) is 9.25. The summed E-state index contributed by atoms with van der Waals surface area (Å²) in [5.74, 6) is -1.87. The lowest BCUT2D eigenvalue weighted by Gasteiger charge is -2.15. The predicted octanol–water partition coefficient (Wildman–Crippen LogP) is 3.22. The fraction of sp³-hybridized carbons (Fsp3) is 0.350. The minimum atomic E-state index is -3.99. The van der Waals surface area contributed by atoms with Crippen LogP contribution in [0.2, 0.25) is 0 Å². The molecule has 2 aromatic rings. The second-order valence-corrected chi connectivity index (χ2v) is 8.85. The Balaban J connectivity index is 1.86. The van der Waals surface area contributed by atoms with Crippen molar-refractivity contribution in [1.29, 1.82) is 0 Å². The fourth-order valence-corrected chi connectivity index (χ4v) is 4.68. The number of carbonyl (C=O) groups is 1. The van der Waals surface area contributed by atoms with Crippen molar-refractivity contribution in [2.75, 3.05) is 12.4 Å². The number of rotatable bonds is 7. The molecule has 1 saturated carbocycles. The average Bonchev–Trinajstić information content (AvgIpc) is 3.12. The molecule has 168 valence electrons. The van der Waals surface area contributed by atoms with Crippen molar-refractivity contribution in [3.63, 3.8) is 0 Å². The van der Waals surface area contributed by atoms with E-state index in [1.54, 1.807) is 0 Å². The molecule has 1 fully saturated rings. The monoisotopic (exact) mass is 458 g/mol. The Hall–Kier alpha value is -2.63. The van der Waals surface area contributed by atoms with Crippen LogP contribution in [0.5, 0.6) is 5.75 Å². The average molecular weight is 458 g/mol. The van der Waals surface area contributed by atoms with Gasteiger partial charge in [-0.05, 0) is 55.7 Å². The van der Waals surface area contributed by atoms with E-state index in [-0.39, 0.29) is 21.9 Å². The van der Waals surface area contributed by atoms with Crippen LogP contribution in [0, 0.1) is 5.82 Å². The number of anilines is 1. The molecule has 3 N–H and O–H groups in total. The van der Waals surface area contributed by atoms with E-state index >= 15 is 0 Å². The number of halogens is 3. The van der Waals surface area contributed by atoms with Crippen LogP contribution in [0.4, 0.5) is 18.9 Å². The van der Waals surface area contributed by atoms with Crippen LogP contribution in [-0.4, -0.2) is 38.7 Å². The molecule has 0 heterocycles. The first-order chi connectivity index (χ1) is 14.6. The summed E-state index contributed by atoms with van der Waals surface area (Å²) in [5.41, 5.74) is -1.11. The summed E-state index contributed by atoms with van der Waals surface area (Å²) >= 11 is 0. The minimum Gasteiger partial charge on any atom is -0.496 e. The maximum absolute atomic E-state index is 13.5. The summed E-state index contributed by atoms with van der Waals surface area (Å²) in [6, 6.07) is 5.94. The standard InChI is InChI=1S/C20H21F3N2O5S/c1-30-18-7-5-14(31(28,29)25-12-2-4-13(26)8-12)10-16(18)20(27)24-11-3-6-17(21)15(9-11)19(22)23/h3,5-7,9-10,12-13,19,25-26H,2,4,8H2,1H3,(H,24,27)/t12?,13-/m0/s1. The molecule has 7 nitrogen and oxygen atoms in total. The van der Waals surface area contributed by atoms with Gasteiger partial charge in [-0.3, -0.25) is 4.79 Å². The Bertz CT molecular complexity index is 1080. The van der Waals surface area contributed by atoms with Crippen molar-refractivity contribution in [2.45, 2.75) is 42.7 Å². The van der Waals surface area contributed by atoms with Gasteiger partial charge in [0.1, 0.15) is 11.6 Å². The molecule has 0 saturated heterocycles. The topological polar surface area (TPSA) is 105 Å². The van der Waals surface area contributed by atoms with E-state index in [4.69, 9.17) is 4.74 Å². The van der Waals surface area contributed by atoms with Gasteiger partial charge in [-0.15, -0.1) is 0 Å². The largest absolute Gasteiger partial charge is 0.496 e. The number of benzene rings is 2. The summed E-state index contributed by atoms with van der Waals surface area (Å²) in [7, 11) is -2.71. The molecule has 1 amide bonds. The van der Waals surface area contributed by atoms with Crippen LogP contribution >= 0.6 is 0 Å². The highest BCUT2D eigenvalue weighted by Crippen LogP contribution is 2.28. The van der Waals surface area contributed by atoms with Crippen LogP contribution in [0.15, 0.2) is 41.3 Å². The third kappa shape index (κ3) is 5.35. The lowest BCUT2D eigenvalue weighted by Crippen LogP contribution is -2.33. The van der Waals surface area contributed by atoms with Gasteiger partial charge >= 0.3 is 0 Å². The van der Waals surface area contributed by atoms with Crippen LogP contribution in [0.3, 0.4) is 0 Å². The summed E-state index contributed by atoms with van der Waals surface area (Å²) in [6.45, 7) is 0. The zero-order valence-corrected chi connectivity index (χ0v) is 17.3. The highest BCUT2D eigenvalue weighted by atomic mass is 32.2. The van der Waals surface area contributed by atoms with Crippen molar-refractivity contribution in [3.05, 3.63) is 53.3 Å². The van der Waals surface area contributed by atoms with E-state index < -0.39 is 45.9 Å². The number of ether oxygens (including phenoxy) is 1. The van der Waals surface area contributed by atoms with E-state index in [2.05, 4.69) is 10.0 Å². The lowest BCUT2D eigenvalue weighted by atomic mass is 10.1. The normalized spacial score (nSPS) is 18.9. The SMILES string of the molecule is COc1ccc(S(=O)(=O)NC2CC[C@H](O)C2)cc1C(=O)Nc1ccc(F)c(C(F)F)c1. The molecule has 1 unspecified atom stereocenters. The van der Waals surface area contributed by atoms with Crippen LogP contribution < -0.4 is 14.8 Å². The smallest absolute Gasteiger partial charge is 0.266 e. The third-order valence-corrected chi connectivity index (χ3v) is 6.46. The molecule has 1 aliphatic carbocycles. The minimum absolute atomic E-state index is 0.0592. The van der Waals surface area contributed by atoms with Crippen LogP contribution in [0.25, 0.3) is 0 Å². The maximum atomic E-state index is 13.5. The van der Waals surface area contributed by atoms with Gasteiger partial charge in [0.05, 0.1) is 29.2 Å². The second-order valence-electron chi connectivity index (χ2n) is 7.14. The van der Waals surface area contributed by atoms with Crippen LogP contribution in [-0.2, 0) is 10.0 Å². The first-order valence-corrected chi connectivity index (χ1v) is 10.9. The Kier molecular flexibility index (Phi) is 6.87. The van der Waals surface area contributed by atoms with Gasteiger partial charge in [0, 0.05) is 11.7 Å². The first kappa shape index (κ1) is 23.0. The molecule has 0 aromatic heterocycles. The fourth-order valence-electron chi connectivity index (χ4n) is 3.37. The van der Waals surface area contributed by atoms with Gasteiger partial charge in [-0.2, -0.15) is 0 Å². The number of aliphatic hydroxyl groups excluding tert-OH is 1. The summed E-state index contributed by atoms with van der Waals surface area (Å²) < 4.78 is 72.3. The number of sulfonamides is 1. The van der Waals surface area contributed by atoms with Gasteiger partial charge in [0.2, 0.25) is 10.0 Å². The number of methoxy groups -OCH3 is 1. The molecule has 2 aromatic carbocycles. The number of amides is 1.